The molecule has 3 rings (SSSR count). The fourth-order valence-electron chi connectivity index (χ4n) is 3.75. The lowest BCUT2D eigenvalue weighted by atomic mass is 9.74. The zero-order valence-electron chi connectivity index (χ0n) is 13.4. The number of hydrogen-bond acceptors (Lipinski definition) is 2. The molecule has 0 amide bonds. The summed E-state index contributed by atoms with van der Waals surface area (Å²) in [4.78, 5) is 8.08. The van der Waals surface area contributed by atoms with E-state index in [1.807, 2.05) is 6.07 Å². The van der Waals surface area contributed by atoms with E-state index in [0.29, 0.717) is 6.04 Å². The maximum atomic E-state index is 4.67. The Morgan fingerprint density at radius 3 is 2.86 bits per heavy atom. The molecular formula is C18H27N3. The van der Waals surface area contributed by atoms with Gasteiger partial charge in [-0.1, -0.05) is 39.3 Å². The molecule has 2 N–H and O–H groups in total. The molecule has 114 valence electrons. The number of aromatic nitrogens is 2. The molecule has 21 heavy (non-hydrogen) atoms. The second-order valence-corrected chi connectivity index (χ2v) is 7.01. The van der Waals surface area contributed by atoms with E-state index in [1.54, 1.807) is 0 Å². The lowest BCUT2D eigenvalue weighted by molar-refractivity contribution is 0.168. The van der Waals surface area contributed by atoms with Gasteiger partial charge in [-0.3, -0.25) is 0 Å². The van der Waals surface area contributed by atoms with Crippen molar-refractivity contribution < 1.29 is 0 Å². The van der Waals surface area contributed by atoms with Crippen molar-refractivity contribution in [2.24, 2.45) is 17.8 Å². The number of nitrogens with one attached hydrogen (secondary N) is 2. The Hall–Kier alpha value is -1.35. The van der Waals surface area contributed by atoms with Crippen LogP contribution in [0.4, 0.5) is 0 Å². The van der Waals surface area contributed by atoms with Crippen molar-refractivity contribution in [2.45, 2.75) is 52.6 Å². The average Bonchev–Trinajstić information content (AvgIpc) is 2.87. The molecule has 3 nitrogen and oxygen atoms in total. The van der Waals surface area contributed by atoms with Crippen molar-refractivity contribution in [3.05, 3.63) is 30.1 Å². The van der Waals surface area contributed by atoms with Crippen LogP contribution in [0.15, 0.2) is 24.3 Å². The first-order chi connectivity index (χ1) is 10.1. The third kappa shape index (κ3) is 3.29. The van der Waals surface area contributed by atoms with E-state index < -0.39 is 0 Å². The fraction of sp³-hybridized carbons (Fsp3) is 0.611. The monoisotopic (exact) mass is 285 g/mol. The highest BCUT2D eigenvalue weighted by atomic mass is 15.0. The Bertz CT molecular complexity index is 554. The molecule has 2 aromatic rings. The van der Waals surface area contributed by atoms with Gasteiger partial charge in [0.25, 0.3) is 0 Å². The van der Waals surface area contributed by atoms with Crippen LogP contribution >= 0.6 is 0 Å². The van der Waals surface area contributed by atoms with Gasteiger partial charge in [-0.2, -0.15) is 0 Å². The first kappa shape index (κ1) is 14.6. The number of nitrogens with zero attached hydrogens (tertiary/aromatic N) is 1. The number of rotatable bonds is 4. The van der Waals surface area contributed by atoms with Crippen LogP contribution in [-0.2, 0) is 6.54 Å². The summed E-state index contributed by atoms with van der Waals surface area (Å²) in [6, 6.07) is 8.87. The first-order valence-corrected chi connectivity index (χ1v) is 8.30. The number of aromatic amines is 1. The second-order valence-electron chi connectivity index (χ2n) is 7.01. The number of hydrogen-bond donors (Lipinski definition) is 2. The molecule has 1 heterocycles. The largest absolute Gasteiger partial charge is 0.341 e. The van der Waals surface area contributed by atoms with Crippen LogP contribution in [0.2, 0.25) is 0 Å². The molecule has 1 aromatic carbocycles. The Morgan fingerprint density at radius 2 is 2.10 bits per heavy atom. The van der Waals surface area contributed by atoms with Gasteiger partial charge in [0.2, 0.25) is 0 Å². The molecule has 0 saturated heterocycles. The van der Waals surface area contributed by atoms with Crippen LogP contribution < -0.4 is 5.32 Å². The fourth-order valence-corrected chi connectivity index (χ4v) is 3.75. The van der Waals surface area contributed by atoms with Gasteiger partial charge in [0.15, 0.2) is 0 Å². The predicted octanol–water partition coefficient (Wildman–Crippen LogP) is 4.11. The second kappa shape index (κ2) is 6.18. The number of para-hydroxylation sites is 2. The Balaban J connectivity index is 1.67. The van der Waals surface area contributed by atoms with Gasteiger partial charge in [-0.25, -0.2) is 4.98 Å². The van der Waals surface area contributed by atoms with E-state index in [2.05, 4.69) is 54.3 Å². The minimum absolute atomic E-state index is 0.627. The average molecular weight is 285 g/mol. The summed E-state index contributed by atoms with van der Waals surface area (Å²) in [5, 5.41) is 3.77. The molecule has 0 spiro atoms. The molecule has 0 bridgehead atoms. The molecule has 3 heteroatoms. The van der Waals surface area contributed by atoms with Crippen LogP contribution in [0.25, 0.3) is 11.0 Å². The van der Waals surface area contributed by atoms with Gasteiger partial charge in [0.05, 0.1) is 17.6 Å². The molecule has 0 radical (unpaired) electrons. The maximum Gasteiger partial charge on any atom is 0.121 e. The summed E-state index contributed by atoms with van der Waals surface area (Å²) in [6.07, 6.45) is 4.03. The highest BCUT2D eigenvalue weighted by Gasteiger charge is 2.30. The molecule has 3 unspecified atom stereocenters. The van der Waals surface area contributed by atoms with Gasteiger partial charge in [0.1, 0.15) is 5.82 Å². The summed E-state index contributed by atoms with van der Waals surface area (Å²) < 4.78 is 0. The molecule has 1 aromatic heterocycles. The maximum absolute atomic E-state index is 4.67. The van der Waals surface area contributed by atoms with Gasteiger partial charge in [-0.15, -0.1) is 0 Å². The molecule has 1 aliphatic carbocycles. The quantitative estimate of drug-likeness (QED) is 0.887. The number of fused-ring (bicyclic) bond motifs is 1. The zero-order chi connectivity index (χ0) is 14.8. The third-order valence-corrected chi connectivity index (χ3v) is 4.99. The van der Waals surface area contributed by atoms with Crippen LogP contribution in [0, 0.1) is 17.8 Å². The highest BCUT2D eigenvalue weighted by molar-refractivity contribution is 5.74. The summed E-state index contributed by atoms with van der Waals surface area (Å²) >= 11 is 0. The SMILES string of the molecule is CC1CCC(C(C)C)C(NCc2nc3ccccc3[nH]2)C1. The van der Waals surface area contributed by atoms with Crippen LogP contribution in [-0.4, -0.2) is 16.0 Å². The van der Waals surface area contributed by atoms with Crippen molar-refractivity contribution in [3.63, 3.8) is 0 Å². The number of imidazole rings is 1. The molecule has 1 saturated carbocycles. The Morgan fingerprint density at radius 1 is 1.29 bits per heavy atom. The number of H-pyrrole nitrogens is 1. The Labute approximate surface area is 127 Å². The van der Waals surface area contributed by atoms with Crippen LogP contribution in [0.3, 0.4) is 0 Å². The first-order valence-electron chi connectivity index (χ1n) is 8.30. The summed E-state index contributed by atoms with van der Waals surface area (Å²) in [6.45, 7) is 7.94. The van der Waals surface area contributed by atoms with E-state index in [-0.39, 0.29) is 0 Å². The standard InChI is InChI=1S/C18H27N3/c1-12(2)14-9-8-13(3)10-17(14)19-11-18-20-15-6-4-5-7-16(15)21-18/h4-7,12-14,17,19H,8-11H2,1-3H3,(H,20,21). The minimum atomic E-state index is 0.627. The van der Waals surface area contributed by atoms with Crippen molar-refractivity contribution in [1.29, 1.82) is 0 Å². The number of benzene rings is 1. The van der Waals surface area contributed by atoms with E-state index >= 15 is 0 Å². The van der Waals surface area contributed by atoms with Gasteiger partial charge >= 0.3 is 0 Å². The van der Waals surface area contributed by atoms with Crippen molar-refractivity contribution >= 4 is 11.0 Å². The summed E-state index contributed by atoms with van der Waals surface area (Å²) in [7, 11) is 0. The molecule has 3 atom stereocenters. The molecule has 1 fully saturated rings. The van der Waals surface area contributed by atoms with Crippen LogP contribution in [0.1, 0.15) is 45.9 Å². The zero-order valence-corrected chi connectivity index (χ0v) is 13.4. The smallest absolute Gasteiger partial charge is 0.121 e. The minimum Gasteiger partial charge on any atom is -0.341 e. The van der Waals surface area contributed by atoms with Crippen molar-refractivity contribution in [3.8, 4) is 0 Å². The lowest BCUT2D eigenvalue weighted by Crippen LogP contribution is -2.42. The van der Waals surface area contributed by atoms with Gasteiger partial charge in [-0.05, 0) is 42.7 Å². The molecule has 0 aliphatic heterocycles. The van der Waals surface area contributed by atoms with Crippen molar-refractivity contribution in [2.75, 3.05) is 0 Å². The van der Waals surface area contributed by atoms with E-state index in [1.165, 1.54) is 19.3 Å². The molecule has 1 aliphatic rings. The van der Waals surface area contributed by atoms with Gasteiger partial charge in [0, 0.05) is 6.04 Å². The lowest BCUT2D eigenvalue weighted by Gasteiger charge is -2.37. The summed E-state index contributed by atoms with van der Waals surface area (Å²) in [5.41, 5.74) is 2.19. The topological polar surface area (TPSA) is 40.7 Å². The normalized spacial score (nSPS) is 26.6. The van der Waals surface area contributed by atoms with Crippen molar-refractivity contribution in [1.82, 2.24) is 15.3 Å². The summed E-state index contributed by atoms with van der Waals surface area (Å²) in [5.74, 6) is 3.45. The Kier molecular flexibility index (Phi) is 4.29. The van der Waals surface area contributed by atoms with E-state index in [4.69, 9.17) is 0 Å². The van der Waals surface area contributed by atoms with Crippen LogP contribution in [0.5, 0.6) is 0 Å². The van der Waals surface area contributed by atoms with E-state index in [9.17, 15) is 0 Å². The van der Waals surface area contributed by atoms with E-state index in [0.717, 1.165) is 41.2 Å². The van der Waals surface area contributed by atoms with Gasteiger partial charge < -0.3 is 10.3 Å². The third-order valence-electron chi connectivity index (χ3n) is 4.99. The predicted molar refractivity (Wildman–Crippen MR) is 88.1 cm³/mol. The molecular weight excluding hydrogens is 258 g/mol. The highest BCUT2D eigenvalue weighted by Crippen LogP contribution is 2.33.